The zero-order valence-electron chi connectivity index (χ0n) is 7.57. The van der Waals surface area contributed by atoms with Crippen LogP contribution in [0.5, 0.6) is 0 Å². The maximum atomic E-state index is 12.7. The van der Waals surface area contributed by atoms with Crippen LogP contribution in [0.2, 0.25) is 0 Å². The first-order valence-electron chi connectivity index (χ1n) is 4.01. The Morgan fingerprint density at radius 3 is 2.31 bits per heavy atom. The van der Waals surface area contributed by atoms with Crippen LogP contribution in [0.4, 0.5) is 20.2 Å². The molecule has 0 saturated heterocycles. The average molecular weight is 186 g/mol. The fourth-order valence-corrected chi connectivity index (χ4v) is 0.998. The van der Waals surface area contributed by atoms with E-state index < -0.39 is 11.6 Å². The van der Waals surface area contributed by atoms with E-state index in [1.54, 1.807) is 0 Å². The summed E-state index contributed by atoms with van der Waals surface area (Å²) >= 11 is 0. The highest BCUT2D eigenvalue weighted by Gasteiger charge is 2.07. The van der Waals surface area contributed by atoms with Crippen molar-refractivity contribution in [3.63, 3.8) is 0 Å². The Morgan fingerprint density at radius 2 is 1.77 bits per heavy atom. The molecule has 1 rings (SSSR count). The molecule has 0 aliphatic rings. The van der Waals surface area contributed by atoms with Crippen LogP contribution in [0, 0.1) is 11.6 Å². The molecule has 1 aromatic carbocycles. The monoisotopic (exact) mass is 186 g/mol. The third-order valence-corrected chi connectivity index (χ3v) is 1.54. The van der Waals surface area contributed by atoms with E-state index in [4.69, 9.17) is 5.73 Å². The summed E-state index contributed by atoms with van der Waals surface area (Å²) in [4.78, 5) is 0. The van der Waals surface area contributed by atoms with Gasteiger partial charge in [-0.25, -0.2) is 8.78 Å². The predicted octanol–water partition coefficient (Wildman–Crippen LogP) is 2.37. The smallest absolute Gasteiger partial charge is 0.161 e. The van der Waals surface area contributed by atoms with Crippen LogP contribution in [-0.2, 0) is 0 Å². The summed E-state index contributed by atoms with van der Waals surface area (Å²) in [6.07, 6.45) is 0. The van der Waals surface area contributed by atoms with Crippen molar-refractivity contribution in [3.8, 4) is 0 Å². The summed E-state index contributed by atoms with van der Waals surface area (Å²) < 4.78 is 25.4. The molecule has 2 nitrogen and oxygen atoms in total. The Hall–Kier alpha value is -1.32. The van der Waals surface area contributed by atoms with Crippen LogP contribution in [0.25, 0.3) is 0 Å². The summed E-state index contributed by atoms with van der Waals surface area (Å²) in [6.45, 7) is 3.78. The first-order valence-corrected chi connectivity index (χ1v) is 4.01. The van der Waals surface area contributed by atoms with E-state index in [9.17, 15) is 8.78 Å². The molecule has 0 radical (unpaired) electrons. The zero-order chi connectivity index (χ0) is 10.0. The van der Waals surface area contributed by atoms with Gasteiger partial charge in [0.2, 0.25) is 0 Å². The van der Waals surface area contributed by atoms with E-state index in [1.165, 1.54) is 0 Å². The number of nitrogens with two attached hydrogens (primary N) is 1. The van der Waals surface area contributed by atoms with Gasteiger partial charge >= 0.3 is 0 Å². The van der Waals surface area contributed by atoms with Gasteiger partial charge in [0.1, 0.15) is 0 Å². The molecule has 3 N–H and O–H groups in total. The molecule has 0 spiro atoms. The molecule has 0 aliphatic heterocycles. The fraction of sp³-hybridized carbons (Fsp3) is 0.333. The highest BCUT2D eigenvalue weighted by Crippen LogP contribution is 2.22. The van der Waals surface area contributed by atoms with Gasteiger partial charge in [0.15, 0.2) is 11.6 Å². The summed E-state index contributed by atoms with van der Waals surface area (Å²) in [5, 5.41) is 2.91. The number of rotatable bonds is 2. The topological polar surface area (TPSA) is 38.0 Å². The minimum absolute atomic E-state index is 0.132. The Balaban J connectivity index is 3.01. The Kier molecular flexibility index (Phi) is 2.70. The predicted molar refractivity (Wildman–Crippen MR) is 49.5 cm³/mol. The number of anilines is 2. The molecule has 0 aromatic heterocycles. The van der Waals surface area contributed by atoms with Gasteiger partial charge in [0.25, 0.3) is 0 Å². The third kappa shape index (κ3) is 2.31. The SMILES string of the molecule is CC(C)Nc1cc(F)c(F)cc1N. The van der Waals surface area contributed by atoms with Gasteiger partial charge < -0.3 is 11.1 Å². The standard InChI is InChI=1S/C9H12F2N2/c1-5(2)13-9-4-7(11)6(10)3-8(9)12/h3-5,13H,12H2,1-2H3. The average Bonchev–Trinajstić information content (AvgIpc) is 1.99. The van der Waals surface area contributed by atoms with E-state index >= 15 is 0 Å². The molecule has 1 aromatic rings. The van der Waals surface area contributed by atoms with Gasteiger partial charge in [-0.2, -0.15) is 0 Å². The van der Waals surface area contributed by atoms with Crippen molar-refractivity contribution in [2.24, 2.45) is 0 Å². The second-order valence-corrected chi connectivity index (χ2v) is 3.15. The molecule has 0 amide bonds. The number of halogens is 2. The second-order valence-electron chi connectivity index (χ2n) is 3.15. The minimum Gasteiger partial charge on any atom is -0.397 e. The van der Waals surface area contributed by atoms with Crippen LogP contribution in [0.1, 0.15) is 13.8 Å². The Bertz CT molecular complexity index is 311. The van der Waals surface area contributed by atoms with E-state index in [2.05, 4.69) is 5.32 Å². The number of nitrogens with one attached hydrogen (secondary N) is 1. The molecule has 0 aliphatic carbocycles. The fourth-order valence-electron chi connectivity index (χ4n) is 0.998. The second kappa shape index (κ2) is 3.60. The van der Waals surface area contributed by atoms with Gasteiger partial charge in [-0.1, -0.05) is 0 Å². The van der Waals surface area contributed by atoms with Crippen molar-refractivity contribution in [1.82, 2.24) is 0 Å². The van der Waals surface area contributed by atoms with Gasteiger partial charge in [-0.3, -0.25) is 0 Å². The highest BCUT2D eigenvalue weighted by molar-refractivity contribution is 5.66. The molecule has 0 saturated carbocycles. The van der Waals surface area contributed by atoms with Gasteiger partial charge in [-0.05, 0) is 13.8 Å². The molecule has 72 valence electrons. The summed E-state index contributed by atoms with van der Waals surface area (Å²) in [7, 11) is 0. The molecule has 0 fully saturated rings. The third-order valence-electron chi connectivity index (χ3n) is 1.54. The first kappa shape index (κ1) is 9.77. The van der Waals surface area contributed by atoms with Crippen molar-refractivity contribution in [2.75, 3.05) is 11.1 Å². The van der Waals surface area contributed by atoms with Crippen molar-refractivity contribution in [2.45, 2.75) is 19.9 Å². The van der Waals surface area contributed by atoms with Gasteiger partial charge in [0, 0.05) is 18.2 Å². The Morgan fingerprint density at radius 1 is 1.23 bits per heavy atom. The minimum atomic E-state index is -0.924. The maximum Gasteiger partial charge on any atom is 0.161 e. The largest absolute Gasteiger partial charge is 0.397 e. The molecule has 13 heavy (non-hydrogen) atoms. The summed E-state index contributed by atoms with van der Waals surface area (Å²) in [5.74, 6) is -1.82. The van der Waals surface area contributed by atoms with Crippen LogP contribution in [0.15, 0.2) is 12.1 Å². The van der Waals surface area contributed by atoms with Crippen molar-refractivity contribution >= 4 is 11.4 Å². The molecule has 0 unspecified atom stereocenters. The molecular formula is C9H12F2N2. The lowest BCUT2D eigenvalue weighted by atomic mass is 10.2. The number of nitrogen functional groups attached to an aromatic ring is 1. The quantitative estimate of drug-likeness (QED) is 0.696. The highest BCUT2D eigenvalue weighted by atomic mass is 19.2. The van der Waals surface area contributed by atoms with E-state index in [0.29, 0.717) is 5.69 Å². The Labute approximate surface area is 75.7 Å². The first-order chi connectivity index (χ1) is 6.00. The van der Waals surface area contributed by atoms with Gasteiger partial charge in [0.05, 0.1) is 11.4 Å². The van der Waals surface area contributed by atoms with E-state index in [0.717, 1.165) is 12.1 Å². The van der Waals surface area contributed by atoms with Crippen LogP contribution in [0.3, 0.4) is 0 Å². The number of benzene rings is 1. The van der Waals surface area contributed by atoms with Crippen molar-refractivity contribution in [3.05, 3.63) is 23.8 Å². The molecule has 4 heteroatoms. The molecular weight excluding hydrogens is 174 g/mol. The normalized spacial score (nSPS) is 10.5. The maximum absolute atomic E-state index is 12.7. The molecule has 0 bridgehead atoms. The van der Waals surface area contributed by atoms with E-state index in [1.807, 2.05) is 13.8 Å². The van der Waals surface area contributed by atoms with Gasteiger partial charge in [-0.15, -0.1) is 0 Å². The summed E-state index contributed by atoms with van der Waals surface area (Å²) in [5.41, 5.74) is 6.11. The van der Waals surface area contributed by atoms with Crippen LogP contribution >= 0.6 is 0 Å². The lowest BCUT2D eigenvalue weighted by Gasteiger charge is -2.12. The van der Waals surface area contributed by atoms with Crippen molar-refractivity contribution in [1.29, 1.82) is 0 Å². The number of hydrogen-bond acceptors (Lipinski definition) is 2. The van der Waals surface area contributed by atoms with Crippen LogP contribution in [-0.4, -0.2) is 6.04 Å². The summed E-state index contributed by atoms with van der Waals surface area (Å²) in [6, 6.07) is 2.16. The lowest BCUT2D eigenvalue weighted by Crippen LogP contribution is -2.11. The molecule has 0 atom stereocenters. The van der Waals surface area contributed by atoms with Crippen LogP contribution < -0.4 is 11.1 Å². The zero-order valence-corrected chi connectivity index (χ0v) is 7.57. The van der Waals surface area contributed by atoms with E-state index in [-0.39, 0.29) is 11.7 Å². The number of hydrogen-bond donors (Lipinski definition) is 2. The van der Waals surface area contributed by atoms with Crippen molar-refractivity contribution < 1.29 is 8.78 Å². The molecule has 0 heterocycles. The lowest BCUT2D eigenvalue weighted by molar-refractivity contribution is 0.509.